The molecule has 1 N–H and O–H groups in total. The van der Waals surface area contributed by atoms with Crippen LogP contribution in [-0.4, -0.2) is 16.9 Å². The molecule has 0 radical (unpaired) electrons. The fourth-order valence-corrected chi connectivity index (χ4v) is 0.919. The molecule has 0 spiro atoms. The van der Waals surface area contributed by atoms with E-state index in [2.05, 4.69) is 0 Å². The van der Waals surface area contributed by atoms with Gasteiger partial charge in [0.15, 0.2) is 0 Å². The first-order chi connectivity index (χ1) is 5.57. The second kappa shape index (κ2) is 5.52. The number of allylic oxidation sites excluding steroid dienone is 2. The highest BCUT2D eigenvalue weighted by atomic mass is 16.4. The Morgan fingerprint density at radius 2 is 2.08 bits per heavy atom. The molecule has 0 saturated heterocycles. The number of hydrogen-bond donors (Lipinski definition) is 1. The second-order valence-corrected chi connectivity index (χ2v) is 2.75. The van der Waals surface area contributed by atoms with Gasteiger partial charge in [-0.3, -0.25) is 4.79 Å². The minimum Gasteiger partial charge on any atom is -0.481 e. The highest BCUT2D eigenvalue weighted by Crippen LogP contribution is 2.10. The minimum atomic E-state index is -0.900. The van der Waals surface area contributed by atoms with Crippen molar-refractivity contribution in [3.8, 4) is 0 Å². The van der Waals surface area contributed by atoms with Crippen molar-refractivity contribution in [2.75, 3.05) is 0 Å². The van der Waals surface area contributed by atoms with Gasteiger partial charge in [-0.2, -0.15) is 0 Å². The molecular formula is C9H14O3. The third kappa shape index (κ3) is 4.66. The predicted molar refractivity (Wildman–Crippen MR) is 45.9 cm³/mol. The van der Waals surface area contributed by atoms with Crippen LogP contribution in [0.3, 0.4) is 0 Å². The van der Waals surface area contributed by atoms with Crippen molar-refractivity contribution in [1.82, 2.24) is 0 Å². The highest BCUT2D eigenvalue weighted by Gasteiger charge is 2.17. The molecule has 68 valence electrons. The summed E-state index contributed by atoms with van der Waals surface area (Å²) in [6.45, 7) is 3.23. The molecule has 3 heteroatoms. The Kier molecular flexibility index (Phi) is 5.00. The lowest BCUT2D eigenvalue weighted by Crippen LogP contribution is -2.15. The van der Waals surface area contributed by atoms with E-state index in [0.29, 0.717) is 6.42 Å². The van der Waals surface area contributed by atoms with Gasteiger partial charge in [0, 0.05) is 6.42 Å². The average Bonchev–Trinajstić information content (AvgIpc) is 1.96. The summed E-state index contributed by atoms with van der Waals surface area (Å²) in [5.74, 6) is -1.53. The van der Waals surface area contributed by atoms with E-state index in [9.17, 15) is 9.59 Å². The van der Waals surface area contributed by atoms with Crippen LogP contribution in [0.4, 0.5) is 0 Å². The van der Waals surface area contributed by atoms with Crippen LogP contribution in [0.25, 0.3) is 0 Å². The largest absolute Gasteiger partial charge is 0.481 e. The normalized spacial score (nSPS) is 13.2. The van der Waals surface area contributed by atoms with E-state index in [-0.39, 0.29) is 12.2 Å². The molecule has 12 heavy (non-hydrogen) atoms. The van der Waals surface area contributed by atoms with Gasteiger partial charge >= 0.3 is 5.97 Å². The highest BCUT2D eigenvalue weighted by molar-refractivity contribution is 5.82. The molecule has 0 heterocycles. The molecule has 0 rings (SSSR count). The molecule has 0 aromatic heterocycles. The number of rotatable bonds is 5. The van der Waals surface area contributed by atoms with Gasteiger partial charge in [-0.1, -0.05) is 12.2 Å². The van der Waals surface area contributed by atoms with Gasteiger partial charge in [0.05, 0.1) is 5.92 Å². The van der Waals surface area contributed by atoms with E-state index in [4.69, 9.17) is 5.11 Å². The van der Waals surface area contributed by atoms with Crippen LogP contribution in [0.2, 0.25) is 0 Å². The van der Waals surface area contributed by atoms with Gasteiger partial charge in [-0.15, -0.1) is 0 Å². The van der Waals surface area contributed by atoms with Crippen LogP contribution in [0, 0.1) is 5.92 Å². The zero-order valence-corrected chi connectivity index (χ0v) is 7.41. The second-order valence-electron chi connectivity index (χ2n) is 2.75. The Balaban J connectivity index is 4.04. The summed E-state index contributed by atoms with van der Waals surface area (Å²) < 4.78 is 0. The van der Waals surface area contributed by atoms with Crippen molar-refractivity contribution in [1.29, 1.82) is 0 Å². The molecule has 0 amide bonds. The molecule has 0 aromatic rings. The Morgan fingerprint density at radius 3 is 2.42 bits per heavy atom. The Hall–Kier alpha value is -1.12. The summed E-state index contributed by atoms with van der Waals surface area (Å²) in [4.78, 5) is 21.2. The number of carboxylic acid groups (broad SMARTS) is 1. The SMILES string of the molecule is C/C=C/C[C@H](CC(C)=O)C(=O)O. The van der Waals surface area contributed by atoms with Crippen molar-refractivity contribution < 1.29 is 14.7 Å². The van der Waals surface area contributed by atoms with Crippen molar-refractivity contribution in [2.45, 2.75) is 26.7 Å². The van der Waals surface area contributed by atoms with Crippen molar-refractivity contribution in [3.05, 3.63) is 12.2 Å². The van der Waals surface area contributed by atoms with E-state index in [1.54, 1.807) is 12.2 Å². The first-order valence-electron chi connectivity index (χ1n) is 3.91. The zero-order chi connectivity index (χ0) is 9.56. The van der Waals surface area contributed by atoms with Crippen LogP contribution in [0.15, 0.2) is 12.2 Å². The number of hydrogen-bond acceptors (Lipinski definition) is 2. The summed E-state index contributed by atoms with van der Waals surface area (Å²) in [5.41, 5.74) is 0. The molecular weight excluding hydrogens is 156 g/mol. The first kappa shape index (κ1) is 10.9. The van der Waals surface area contributed by atoms with Crippen LogP contribution >= 0.6 is 0 Å². The molecule has 0 aliphatic heterocycles. The van der Waals surface area contributed by atoms with E-state index >= 15 is 0 Å². The summed E-state index contributed by atoms with van der Waals surface area (Å²) in [5, 5.41) is 8.66. The van der Waals surface area contributed by atoms with E-state index in [0.717, 1.165) is 0 Å². The molecule has 0 fully saturated rings. The Bertz CT molecular complexity index is 194. The molecule has 0 aliphatic carbocycles. The molecule has 0 aliphatic rings. The van der Waals surface area contributed by atoms with E-state index in [1.807, 2.05) is 6.92 Å². The van der Waals surface area contributed by atoms with Crippen LogP contribution in [0.1, 0.15) is 26.7 Å². The van der Waals surface area contributed by atoms with E-state index < -0.39 is 11.9 Å². The summed E-state index contributed by atoms with van der Waals surface area (Å²) in [6.07, 6.45) is 4.11. The fraction of sp³-hybridized carbons (Fsp3) is 0.556. The van der Waals surface area contributed by atoms with Gasteiger partial charge in [-0.25, -0.2) is 0 Å². The quantitative estimate of drug-likeness (QED) is 0.638. The maximum absolute atomic E-state index is 10.6. The molecule has 0 aromatic carbocycles. The van der Waals surface area contributed by atoms with Crippen LogP contribution < -0.4 is 0 Å². The summed E-state index contributed by atoms with van der Waals surface area (Å²) in [6, 6.07) is 0. The third-order valence-electron chi connectivity index (χ3n) is 1.54. The zero-order valence-electron chi connectivity index (χ0n) is 7.41. The Labute approximate surface area is 72.1 Å². The molecule has 0 bridgehead atoms. The van der Waals surface area contributed by atoms with E-state index in [1.165, 1.54) is 6.92 Å². The minimum absolute atomic E-state index is 0.0769. The fourth-order valence-electron chi connectivity index (χ4n) is 0.919. The molecule has 3 nitrogen and oxygen atoms in total. The van der Waals surface area contributed by atoms with Gasteiger partial charge in [0.2, 0.25) is 0 Å². The summed E-state index contributed by atoms with van der Waals surface area (Å²) in [7, 11) is 0. The lowest BCUT2D eigenvalue weighted by atomic mass is 9.99. The lowest BCUT2D eigenvalue weighted by Gasteiger charge is -2.06. The molecule has 1 atom stereocenters. The number of carboxylic acids is 1. The van der Waals surface area contributed by atoms with Gasteiger partial charge < -0.3 is 9.90 Å². The third-order valence-corrected chi connectivity index (χ3v) is 1.54. The molecule has 0 unspecified atom stereocenters. The van der Waals surface area contributed by atoms with Gasteiger partial charge in [0.1, 0.15) is 5.78 Å². The van der Waals surface area contributed by atoms with Crippen molar-refractivity contribution in [2.24, 2.45) is 5.92 Å². The number of carbonyl (C=O) groups is 2. The summed E-state index contributed by atoms with van der Waals surface area (Å²) >= 11 is 0. The van der Waals surface area contributed by atoms with Crippen molar-refractivity contribution in [3.63, 3.8) is 0 Å². The maximum atomic E-state index is 10.6. The molecule has 0 saturated carbocycles. The standard InChI is InChI=1S/C9H14O3/c1-3-4-5-8(9(11)12)6-7(2)10/h3-4,8H,5-6H2,1-2H3,(H,11,12)/b4-3+/t8-/m1/s1. The topological polar surface area (TPSA) is 54.4 Å². The number of aliphatic carboxylic acids is 1. The smallest absolute Gasteiger partial charge is 0.307 e. The first-order valence-corrected chi connectivity index (χ1v) is 3.91. The van der Waals surface area contributed by atoms with Crippen LogP contribution in [0.5, 0.6) is 0 Å². The monoisotopic (exact) mass is 170 g/mol. The number of ketones is 1. The maximum Gasteiger partial charge on any atom is 0.307 e. The van der Waals surface area contributed by atoms with Gasteiger partial charge in [-0.05, 0) is 20.3 Å². The van der Waals surface area contributed by atoms with Crippen molar-refractivity contribution >= 4 is 11.8 Å². The number of carbonyl (C=O) groups excluding carboxylic acids is 1. The van der Waals surface area contributed by atoms with Crippen LogP contribution in [-0.2, 0) is 9.59 Å². The average molecular weight is 170 g/mol. The Morgan fingerprint density at radius 1 is 1.50 bits per heavy atom. The lowest BCUT2D eigenvalue weighted by molar-refractivity contribution is -0.143. The number of Topliss-reactive ketones (excluding diaryl/α,β-unsaturated/α-hetero) is 1. The predicted octanol–water partition coefficient (Wildman–Crippen LogP) is 1.63. The van der Waals surface area contributed by atoms with Gasteiger partial charge in [0.25, 0.3) is 0 Å².